The maximum atomic E-state index is 12.2. The van der Waals surface area contributed by atoms with Gasteiger partial charge in [0.25, 0.3) is 5.91 Å². The molecule has 0 aliphatic carbocycles. The van der Waals surface area contributed by atoms with Gasteiger partial charge in [0.05, 0.1) is 15.1 Å². The number of aromatic nitrogens is 1. The second-order valence-electron chi connectivity index (χ2n) is 4.57. The quantitative estimate of drug-likeness (QED) is 0.903. The van der Waals surface area contributed by atoms with Crippen molar-refractivity contribution in [3.05, 3.63) is 27.5 Å². The van der Waals surface area contributed by atoms with Gasteiger partial charge in [-0.1, -0.05) is 18.5 Å². The molecule has 8 heteroatoms. The first kappa shape index (κ1) is 15.9. The van der Waals surface area contributed by atoms with E-state index in [1.807, 2.05) is 6.07 Å². The molecule has 0 saturated heterocycles. The molecule has 1 amide bonds. The van der Waals surface area contributed by atoms with Gasteiger partial charge in [-0.15, -0.1) is 22.7 Å². The van der Waals surface area contributed by atoms with Crippen LogP contribution in [0.2, 0.25) is 4.34 Å². The molecule has 2 heterocycles. The van der Waals surface area contributed by atoms with E-state index in [0.29, 0.717) is 10.0 Å². The van der Waals surface area contributed by atoms with Gasteiger partial charge in [0.15, 0.2) is 0 Å². The van der Waals surface area contributed by atoms with Gasteiger partial charge in [-0.2, -0.15) is 0 Å². The number of thiophene rings is 1. The number of thiazole rings is 1. The Kier molecular flexibility index (Phi) is 4.97. The molecule has 1 N–H and O–H groups in total. The van der Waals surface area contributed by atoms with Crippen molar-refractivity contribution in [2.45, 2.75) is 6.92 Å². The molecular weight excluding hydrogens is 332 g/mol. The van der Waals surface area contributed by atoms with Crippen LogP contribution in [-0.2, 0) is 4.79 Å². The van der Waals surface area contributed by atoms with Gasteiger partial charge < -0.3 is 10.0 Å². The molecule has 0 aliphatic heterocycles. The predicted octanol–water partition coefficient (Wildman–Crippen LogP) is 3.32. The molecule has 5 nitrogen and oxygen atoms in total. The minimum absolute atomic E-state index is 0.145. The van der Waals surface area contributed by atoms with Crippen molar-refractivity contribution >= 4 is 46.2 Å². The van der Waals surface area contributed by atoms with E-state index >= 15 is 0 Å². The zero-order valence-corrected chi connectivity index (χ0v) is 13.8. The van der Waals surface area contributed by atoms with Crippen LogP contribution in [0.25, 0.3) is 9.88 Å². The Morgan fingerprint density at radius 3 is 2.76 bits per heavy atom. The highest BCUT2D eigenvalue weighted by Gasteiger charge is 2.21. The third-order valence-corrected chi connectivity index (χ3v) is 5.07. The number of carboxylic acids is 1. The van der Waals surface area contributed by atoms with E-state index in [-0.39, 0.29) is 12.5 Å². The number of hydrogen-bond acceptors (Lipinski definition) is 5. The molecule has 1 atom stereocenters. The molecule has 0 bridgehead atoms. The number of amides is 1. The first-order valence-corrected chi connectivity index (χ1v) is 8.15. The molecule has 2 rings (SSSR count). The lowest BCUT2D eigenvalue weighted by molar-refractivity contribution is -0.141. The van der Waals surface area contributed by atoms with Gasteiger partial charge in [-0.25, -0.2) is 4.98 Å². The number of aliphatic carboxylic acids is 1. The summed E-state index contributed by atoms with van der Waals surface area (Å²) in [5.41, 5.74) is 0.319. The van der Waals surface area contributed by atoms with Crippen molar-refractivity contribution in [2.75, 3.05) is 13.6 Å². The number of carbonyl (C=O) groups excluding carboxylic acids is 1. The highest BCUT2D eigenvalue weighted by atomic mass is 35.5. The highest BCUT2D eigenvalue weighted by Crippen LogP contribution is 2.33. The van der Waals surface area contributed by atoms with Crippen LogP contribution in [0.3, 0.4) is 0 Å². The Balaban J connectivity index is 2.10. The maximum Gasteiger partial charge on any atom is 0.308 e. The third kappa shape index (κ3) is 3.81. The van der Waals surface area contributed by atoms with Gasteiger partial charge >= 0.3 is 5.97 Å². The second kappa shape index (κ2) is 6.55. The van der Waals surface area contributed by atoms with Crippen molar-refractivity contribution in [3.63, 3.8) is 0 Å². The summed E-state index contributed by atoms with van der Waals surface area (Å²) in [6, 6.07) is 3.64. The van der Waals surface area contributed by atoms with Gasteiger partial charge in [0.2, 0.25) is 0 Å². The van der Waals surface area contributed by atoms with Crippen molar-refractivity contribution < 1.29 is 14.7 Å². The van der Waals surface area contributed by atoms with Crippen LogP contribution in [-0.4, -0.2) is 40.5 Å². The van der Waals surface area contributed by atoms with Gasteiger partial charge in [0, 0.05) is 19.0 Å². The molecule has 21 heavy (non-hydrogen) atoms. The van der Waals surface area contributed by atoms with Crippen LogP contribution in [0.15, 0.2) is 17.5 Å². The van der Waals surface area contributed by atoms with Crippen molar-refractivity contribution in [2.24, 2.45) is 5.92 Å². The number of carbonyl (C=O) groups is 2. The van der Waals surface area contributed by atoms with Crippen molar-refractivity contribution in [1.82, 2.24) is 9.88 Å². The van der Waals surface area contributed by atoms with E-state index in [9.17, 15) is 9.59 Å². The zero-order valence-electron chi connectivity index (χ0n) is 11.4. The molecule has 0 aliphatic rings. The molecule has 2 aromatic rings. The van der Waals surface area contributed by atoms with E-state index < -0.39 is 11.9 Å². The van der Waals surface area contributed by atoms with Crippen LogP contribution in [0.1, 0.15) is 17.4 Å². The number of carboxylic acid groups (broad SMARTS) is 1. The van der Waals surface area contributed by atoms with Crippen LogP contribution in [0.4, 0.5) is 0 Å². The molecule has 0 spiro atoms. The summed E-state index contributed by atoms with van der Waals surface area (Å²) in [5, 5.41) is 11.3. The largest absolute Gasteiger partial charge is 0.481 e. The molecule has 0 saturated carbocycles. The number of nitrogens with zero attached hydrogens (tertiary/aromatic N) is 2. The Hall–Kier alpha value is -1.44. The lowest BCUT2D eigenvalue weighted by Gasteiger charge is -2.18. The van der Waals surface area contributed by atoms with Crippen LogP contribution >= 0.6 is 34.3 Å². The SMILES string of the molecule is CC(CN(C)C(=O)c1csc(-c2ccc(Cl)s2)n1)C(=O)O. The maximum absolute atomic E-state index is 12.2. The van der Waals surface area contributed by atoms with Crippen molar-refractivity contribution in [3.8, 4) is 9.88 Å². The monoisotopic (exact) mass is 344 g/mol. The minimum Gasteiger partial charge on any atom is -0.481 e. The molecular formula is C13H13ClN2O3S2. The first-order chi connectivity index (χ1) is 9.88. The highest BCUT2D eigenvalue weighted by molar-refractivity contribution is 7.23. The smallest absolute Gasteiger partial charge is 0.308 e. The summed E-state index contributed by atoms with van der Waals surface area (Å²) in [4.78, 5) is 29.6. The predicted molar refractivity (Wildman–Crippen MR) is 84.2 cm³/mol. The average molecular weight is 345 g/mol. The lowest BCUT2D eigenvalue weighted by atomic mass is 10.2. The van der Waals surface area contributed by atoms with Gasteiger partial charge in [-0.3, -0.25) is 9.59 Å². The van der Waals surface area contributed by atoms with E-state index in [1.165, 1.54) is 27.6 Å². The summed E-state index contributed by atoms with van der Waals surface area (Å²) in [5.74, 6) is -1.83. The number of rotatable bonds is 5. The Labute approximate surface area is 134 Å². The average Bonchev–Trinajstić information content (AvgIpc) is 3.05. The third-order valence-electron chi connectivity index (χ3n) is 2.82. The lowest BCUT2D eigenvalue weighted by Crippen LogP contribution is -2.33. The number of halogens is 1. The molecule has 1 unspecified atom stereocenters. The summed E-state index contributed by atoms with van der Waals surface area (Å²) in [6.07, 6.45) is 0. The second-order valence-corrected chi connectivity index (χ2v) is 7.14. The fourth-order valence-corrected chi connectivity index (χ4v) is 3.59. The molecule has 0 aromatic carbocycles. The topological polar surface area (TPSA) is 70.5 Å². The summed E-state index contributed by atoms with van der Waals surface area (Å²) >= 11 is 8.64. The van der Waals surface area contributed by atoms with E-state index in [4.69, 9.17) is 16.7 Å². The molecule has 112 valence electrons. The summed E-state index contributed by atoms with van der Waals surface area (Å²) < 4.78 is 0.667. The number of hydrogen-bond donors (Lipinski definition) is 1. The van der Waals surface area contributed by atoms with Gasteiger partial charge in [0.1, 0.15) is 10.7 Å². The normalized spacial score (nSPS) is 12.1. The van der Waals surface area contributed by atoms with E-state index in [2.05, 4.69) is 4.98 Å². The van der Waals surface area contributed by atoms with Gasteiger partial charge in [-0.05, 0) is 12.1 Å². The zero-order chi connectivity index (χ0) is 15.6. The van der Waals surface area contributed by atoms with Crippen LogP contribution in [0, 0.1) is 5.92 Å². The Morgan fingerprint density at radius 1 is 1.48 bits per heavy atom. The summed E-state index contributed by atoms with van der Waals surface area (Å²) in [6.45, 7) is 1.71. The fourth-order valence-electron chi connectivity index (χ4n) is 1.68. The molecule has 2 aromatic heterocycles. The summed E-state index contributed by atoms with van der Waals surface area (Å²) in [7, 11) is 1.57. The minimum atomic E-state index is -0.929. The van der Waals surface area contributed by atoms with E-state index in [0.717, 1.165) is 9.88 Å². The van der Waals surface area contributed by atoms with Crippen LogP contribution < -0.4 is 0 Å². The Morgan fingerprint density at radius 2 is 2.19 bits per heavy atom. The standard InChI is InChI=1S/C13H13ClN2O3S2/c1-7(13(18)19)5-16(2)12(17)8-6-20-11(15-8)9-3-4-10(14)21-9/h3-4,6-7H,5H2,1-2H3,(H,18,19). The van der Waals surface area contributed by atoms with E-state index in [1.54, 1.807) is 25.4 Å². The van der Waals surface area contributed by atoms with Crippen LogP contribution in [0.5, 0.6) is 0 Å². The molecule has 0 fully saturated rings. The molecule has 0 radical (unpaired) electrons. The van der Waals surface area contributed by atoms with Crippen molar-refractivity contribution in [1.29, 1.82) is 0 Å². The fraction of sp³-hybridized carbons (Fsp3) is 0.308. The first-order valence-electron chi connectivity index (χ1n) is 6.08. The Bertz CT molecular complexity index is 668.